The number of carbonyl (C=O) groups excluding carboxylic acids is 1. The van der Waals surface area contributed by atoms with E-state index in [0.717, 1.165) is 0 Å². The lowest BCUT2D eigenvalue weighted by molar-refractivity contribution is -0.132. The Morgan fingerprint density at radius 3 is 2.79 bits per heavy atom. The molecule has 76 valence electrons. The van der Waals surface area contributed by atoms with Gasteiger partial charge in [-0.1, -0.05) is 6.07 Å². The van der Waals surface area contributed by atoms with Crippen molar-refractivity contribution in [3.05, 3.63) is 24.3 Å². The summed E-state index contributed by atoms with van der Waals surface area (Å²) >= 11 is 0. The Balaban J connectivity index is 2.68. The fourth-order valence-electron chi connectivity index (χ4n) is 0.967. The van der Waals surface area contributed by atoms with Crippen molar-refractivity contribution in [1.29, 1.82) is 0 Å². The number of hydrogen-bond acceptors (Lipinski definition) is 4. The highest BCUT2D eigenvalue weighted by Gasteiger charge is 2.02. The van der Waals surface area contributed by atoms with E-state index in [1.54, 1.807) is 24.3 Å². The van der Waals surface area contributed by atoms with Gasteiger partial charge in [0.05, 0.1) is 13.2 Å². The Labute approximate surface area is 82.6 Å². The van der Waals surface area contributed by atoms with E-state index in [2.05, 4.69) is 0 Å². The second-order valence-electron chi connectivity index (χ2n) is 2.59. The van der Waals surface area contributed by atoms with Gasteiger partial charge in [0, 0.05) is 6.07 Å². The lowest BCUT2D eigenvalue weighted by Gasteiger charge is -2.05. The smallest absolute Gasteiger partial charge is 0.325 e. The van der Waals surface area contributed by atoms with Gasteiger partial charge in [-0.2, -0.15) is 0 Å². The van der Waals surface area contributed by atoms with Crippen molar-refractivity contribution in [1.82, 2.24) is 0 Å². The van der Waals surface area contributed by atoms with E-state index in [0.29, 0.717) is 18.1 Å². The van der Waals surface area contributed by atoms with Crippen LogP contribution in [-0.4, -0.2) is 19.1 Å². The third kappa shape index (κ3) is 3.06. The van der Waals surface area contributed by atoms with Crippen LogP contribution in [0.25, 0.3) is 0 Å². The first-order chi connectivity index (χ1) is 6.76. The lowest BCUT2D eigenvalue weighted by Crippen LogP contribution is -2.19. The third-order valence-corrected chi connectivity index (χ3v) is 1.51. The van der Waals surface area contributed by atoms with Crippen LogP contribution in [-0.2, 0) is 4.79 Å². The molecule has 0 radical (unpaired) electrons. The molecule has 0 saturated heterocycles. The average molecular weight is 195 g/mol. The molecule has 4 nitrogen and oxygen atoms in total. The maximum atomic E-state index is 10.9. The minimum absolute atomic E-state index is 0.126. The molecule has 1 aromatic carbocycles. The summed E-state index contributed by atoms with van der Waals surface area (Å²) < 4.78 is 10.1. The lowest BCUT2D eigenvalue weighted by atomic mass is 10.3. The van der Waals surface area contributed by atoms with Crippen LogP contribution < -0.4 is 15.2 Å². The van der Waals surface area contributed by atoms with E-state index in [9.17, 15) is 4.79 Å². The van der Waals surface area contributed by atoms with Crippen LogP contribution in [0.1, 0.15) is 6.92 Å². The highest BCUT2D eigenvalue weighted by molar-refractivity contribution is 5.74. The van der Waals surface area contributed by atoms with Gasteiger partial charge in [-0.15, -0.1) is 0 Å². The number of rotatable bonds is 4. The SMILES string of the molecule is CCOc1cccc(OC(=O)CN)c1. The van der Waals surface area contributed by atoms with Gasteiger partial charge in [0.15, 0.2) is 0 Å². The summed E-state index contributed by atoms with van der Waals surface area (Å²) in [5, 5.41) is 0. The van der Waals surface area contributed by atoms with E-state index < -0.39 is 5.97 Å². The molecule has 0 spiro atoms. The van der Waals surface area contributed by atoms with Crippen LogP contribution in [0.5, 0.6) is 11.5 Å². The summed E-state index contributed by atoms with van der Waals surface area (Å²) in [5.41, 5.74) is 5.11. The largest absolute Gasteiger partial charge is 0.494 e. The number of nitrogens with two attached hydrogens (primary N) is 1. The second-order valence-corrected chi connectivity index (χ2v) is 2.59. The molecule has 0 unspecified atom stereocenters. The van der Waals surface area contributed by atoms with Gasteiger partial charge in [-0.05, 0) is 19.1 Å². The molecule has 0 aliphatic rings. The zero-order chi connectivity index (χ0) is 10.4. The topological polar surface area (TPSA) is 61.5 Å². The van der Waals surface area contributed by atoms with Gasteiger partial charge in [-0.3, -0.25) is 4.79 Å². The second kappa shape index (κ2) is 5.24. The molecule has 0 atom stereocenters. The van der Waals surface area contributed by atoms with Crippen molar-refractivity contribution in [2.45, 2.75) is 6.92 Å². The minimum atomic E-state index is -0.460. The number of esters is 1. The Morgan fingerprint density at radius 2 is 2.14 bits per heavy atom. The summed E-state index contributed by atoms with van der Waals surface area (Å²) in [5.74, 6) is 0.667. The van der Waals surface area contributed by atoms with E-state index in [1.165, 1.54) is 0 Å². The molecule has 0 aliphatic carbocycles. The Hall–Kier alpha value is -1.55. The quantitative estimate of drug-likeness (QED) is 0.574. The van der Waals surface area contributed by atoms with Crippen LogP contribution in [0.15, 0.2) is 24.3 Å². The van der Waals surface area contributed by atoms with Crippen molar-refractivity contribution in [2.75, 3.05) is 13.2 Å². The molecule has 0 aliphatic heterocycles. The molecular formula is C10H13NO3. The van der Waals surface area contributed by atoms with Gasteiger partial charge in [-0.25, -0.2) is 0 Å². The molecule has 14 heavy (non-hydrogen) atoms. The van der Waals surface area contributed by atoms with E-state index in [-0.39, 0.29) is 6.54 Å². The molecule has 4 heteroatoms. The normalized spacial score (nSPS) is 9.57. The highest BCUT2D eigenvalue weighted by Crippen LogP contribution is 2.19. The Kier molecular flexibility index (Phi) is 3.94. The van der Waals surface area contributed by atoms with E-state index in [1.807, 2.05) is 6.92 Å². The van der Waals surface area contributed by atoms with Gasteiger partial charge in [0.1, 0.15) is 11.5 Å². The fraction of sp³-hybridized carbons (Fsp3) is 0.300. The number of ether oxygens (including phenoxy) is 2. The molecule has 0 saturated carbocycles. The predicted molar refractivity (Wildman–Crippen MR) is 52.3 cm³/mol. The van der Waals surface area contributed by atoms with Crippen molar-refractivity contribution in [2.24, 2.45) is 5.73 Å². The predicted octanol–water partition coefficient (Wildman–Crippen LogP) is 0.949. The Bertz CT molecular complexity index is 312. The van der Waals surface area contributed by atoms with E-state index in [4.69, 9.17) is 15.2 Å². The van der Waals surface area contributed by atoms with Crippen LogP contribution in [0.4, 0.5) is 0 Å². The summed E-state index contributed by atoms with van der Waals surface area (Å²) in [6, 6.07) is 6.88. The number of hydrogen-bond donors (Lipinski definition) is 1. The monoisotopic (exact) mass is 195 g/mol. The zero-order valence-electron chi connectivity index (χ0n) is 8.03. The first-order valence-electron chi connectivity index (χ1n) is 4.40. The molecule has 0 aromatic heterocycles. The maximum Gasteiger partial charge on any atom is 0.325 e. The molecule has 0 fully saturated rings. The zero-order valence-corrected chi connectivity index (χ0v) is 8.03. The highest BCUT2D eigenvalue weighted by atomic mass is 16.5. The first-order valence-corrected chi connectivity index (χ1v) is 4.40. The van der Waals surface area contributed by atoms with Gasteiger partial charge < -0.3 is 15.2 Å². The average Bonchev–Trinajstić information content (AvgIpc) is 2.19. The van der Waals surface area contributed by atoms with Crippen molar-refractivity contribution in [3.63, 3.8) is 0 Å². The van der Waals surface area contributed by atoms with Gasteiger partial charge in [0.2, 0.25) is 0 Å². The summed E-state index contributed by atoms with van der Waals surface area (Å²) in [7, 11) is 0. The van der Waals surface area contributed by atoms with Crippen LogP contribution in [0.3, 0.4) is 0 Å². The fourth-order valence-corrected chi connectivity index (χ4v) is 0.967. The van der Waals surface area contributed by atoms with Crippen LogP contribution in [0, 0.1) is 0 Å². The molecule has 1 aromatic rings. The van der Waals surface area contributed by atoms with Crippen molar-refractivity contribution < 1.29 is 14.3 Å². The number of benzene rings is 1. The number of carbonyl (C=O) groups is 1. The minimum Gasteiger partial charge on any atom is -0.494 e. The van der Waals surface area contributed by atoms with E-state index >= 15 is 0 Å². The molecule has 1 rings (SSSR count). The molecule has 0 bridgehead atoms. The molecule has 2 N–H and O–H groups in total. The first kappa shape index (κ1) is 10.5. The van der Waals surface area contributed by atoms with Crippen molar-refractivity contribution >= 4 is 5.97 Å². The van der Waals surface area contributed by atoms with Crippen molar-refractivity contribution in [3.8, 4) is 11.5 Å². The third-order valence-electron chi connectivity index (χ3n) is 1.51. The summed E-state index contributed by atoms with van der Waals surface area (Å²) in [6.45, 7) is 2.34. The maximum absolute atomic E-state index is 10.9. The Morgan fingerprint density at radius 1 is 1.43 bits per heavy atom. The molecule has 0 amide bonds. The summed E-state index contributed by atoms with van der Waals surface area (Å²) in [6.07, 6.45) is 0. The van der Waals surface area contributed by atoms with Crippen LogP contribution >= 0.6 is 0 Å². The molecule has 0 heterocycles. The van der Waals surface area contributed by atoms with Gasteiger partial charge in [0.25, 0.3) is 0 Å². The van der Waals surface area contributed by atoms with Crippen LogP contribution in [0.2, 0.25) is 0 Å². The summed E-state index contributed by atoms with van der Waals surface area (Å²) in [4.78, 5) is 10.9. The molecular weight excluding hydrogens is 182 g/mol. The van der Waals surface area contributed by atoms with Gasteiger partial charge >= 0.3 is 5.97 Å². The standard InChI is InChI=1S/C10H13NO3/c1-2-13-8-4-3-5-9(6-8)14-10(12)7-11/h3-6H,2,7,11H2,1H3.